The number of benzene rings is 2. The van der Waals surface area contributed by atoms with E-state index >= 15 is 0 Å². The van der Waals surface area contributed by atoms with Gasteiger partial charge in [0.2, 0.25) is 0 Å². The standard InChI is InChI=1S/C16H19Cl2N3O/c17-13-7-11(8-14(18)16(13)20)15(22)9-21-6-5-10-1-3-12(19)4-2-10/h1-4,7-8,15,21-22H,5-6,9,19-20H2/t15-/m0/s1. The molecule has 6 heteroatoms. The lowest BCUT2D eigenvalue weighted by Gasteiger charge is -2.14. The van der Waals surface area contributed by atoms with Gasteiger partial charge in [-0.1, -0.05) is 35.3 Å². The Morgan fingerprint density at radius 2 is 1.64 bits per heavy atom. The van der Waals surface area contributed by atoms with Crippen molar-refractivity contribution in [1.82, 2.24) is 5.32 Å². The maximum Gasteiger partial charge on any atom is 0.0915 e. The number of rotatable bonds is 6. The van der Waals surface area contributed by atoms with Gasteiger partial charge in [-0.25, -0.2) is 0 Å². The number of aliphatic hydroxyl groups is 1. The largest absolute Gasteiger partial charge is 0.399 e. The highest BCUT2D eigenvalue weighted by molar-refractivity contribution is 6.38. The second kappa shape index (κ2) is 7.70. The molecule has 0 saturated carbocycles. The zero-order valence-electron chi connectivity index (χ0n) is 12.0. The number of nitrogens with one attached hydrogen (secondary N) is 1. The molecule has 0 fully saturated rings. The van der Waals surface area contributed by atoms with Crippen LogP contribution >= 0.6 is 23.2 Å². The Hall–Kier alpha value is -1.46. The fraction of sp³-hybridized carbons (Fsp3) is 0.250. The Balaban J connectivity index is 1.82. The van der Waals surface area contributed by atoms with Crippen LogP contribution in [-0.4, -0.2) is 18.2 Å². The third-order valence-electron chi connectivity index (χ3n) is 3.39. The van der Waals surface area contributed by atoms with Gasteiger partial charge in [0.15, 0.2) is 0 Å². The van der Waals surface area contributed by atoms with Crippen LogP contribution in [0.1, 0.15) is 17.2 Å². The lowest BCUT2D eigenvalue weighted by Crippen LogP contribution is -2.23. The SMILES string of the molecule is Nc1ccc(CCNC[C@H](O)c2cc(Cl)c(N)c(Cl)c2)cc1. The van der Waals surface area contributed by atoms with Crippen LogP contribution in [0.5, 0.6) is 0 Å². The van der Waals surface area contributed by atoms with Gasteiger partial charge in [-0.2, -0.15) is 0 Å². The molecule has 0 radical (unpaired) electrons. The number of anilines is 2. The van der Waals surface area contributed by atoms with E-state index in [2.05, 4.69) is 5.32 Å². The molecule has 0 heterocycles. The van der Waals surface area contributed by atoms with Crippen molar-refractivity contribution in [3.8, 4) is 0 Å². The van der Waals surface area contributed by atoms with E-state index in [4.69, 9.17) is 34.7 Å². The van der Waals surface area contributed by atoms with E-state index in [1.807, 2.05) is 24.3 Å². The van der Waals surface area contributed by atoms with Crippen LogP contribution in [0.3, 0.4) is 0 Å². The summed E-state index contributed by atoms with van der Waals surface area (Å²) in [4.78, 5) is 0. The topological polar surface area (TPSA) is 84.3 Å². The van der Waals surface area contributed by atoms with Crippen LogP contribution in [0.25, 0.3) is 0 Å². The first kappa shape index (κ1) is 16.9. The van der Waals surface area contributed by atoms with Crippen molar-refractivity contribution in [2.24, 2.45) is 0 Å². The molecular formula is C16H19Cl2N3O. The van der Waals surface area contributed by atoms with Crippen molar-refractivity contribution >= 4 is 34.6 Å². The van der Waals surface area contributed by atoms with Gasteiger partial charge in [-0.05, 0) is 48.4 Å². The maximum absolute atomic E-state index is 10.2. The van der Waals surface area contributed by atoms with Gasteiger partial charge in [0.05, 0.1) is 21.8 Å². The van der Waals surface area contributed by atoms with Crippen LogP contribution in [0.15, 0.2) is 36.4 Å². The van der Waals surface area contributed by atoms with Crippen LogP contribution in [0.4, 0.5) is 11.4 Å². The molecule has 0 aliphatic carbocycles. The van der Waals surface area contributed by atoms with Gasteiger partial charge in [-0.3, -0.25) is 0 Å². The van der Waals surface area contributed by atoms with E-state index in [1.54, 1.807) is 12.1 Å². The Bertz CT molecular complexity index is 609. The summed E-state index contributed by atoms with van der Waals surface area (Å²) in [6, 6.07) is 11.0. The van der Waals surface area contributed by atoms with Crippen LogP contribution in [0, 0.1) is 0 Å². The Morgan fingerprint density at radius 3 is 2.23 bits per heavy atom. The molecule has 2 aromatic carbocycles. The van der Waals surface area contributed by atoms with Gasteiger partial charge in [-0.15, -0.1) is 0 Å². The van der Waals surface area contributed by atoms with E-state index in [-0.39, 0.29) is 0 Å². The summed E-state index contributed by atoms with van der Waals surface area (Å²) < 4.78 is 0. The molecule has 22 heavy (non-hydrogen) atoms. The highest BCUT2D eigenvalue weighted by Gasteiger charge is 2.11. The van der Waals surface area contributed by atoms with Crippen molar-refractivity contribution in [2.75, 3.05) is 24.6 Å². The first-order valence-corrected chi connectivity index (χ1v) is 7.70. The molecule has 0 amide bonds. The van der Waals surface area contributed by atoms with Gasteiger partial charge in [0.1, 0.15) is 0 Å². The zero-order chi connectivity index (χ0) is 16.1. The predicted molar refractivity (Wildman–Crippen MR) is 93.3 cm³/mol. The second-order valence-corrected chi connectivity index (χ2v) is 5.92. The minimum absolute atomic E-state index is 0.329. The first-order valence-electron chi connectivity index (χ1n) is 6.95. The Morgan fingerprint density at radius 1 is 1.05 bits per heavy atom. The van der Waals surface area contributed by atoms with Gasteiger partial charge in [0, 0.05) is 12.2 Å². The summed E-state index contributed by atoms with van der Waals surface area (Å²) >= 11 is 11.9. The Labute approximate surface area is 140 Å². The monoisotopic (exact) mass is 339 g/mol. The van der Waals surface area contributed by atoms with Gasteiger partial charge in [0.25, 0.3) is 0 Å². The third kappa shape index (κ3) is 4.52. The summed E-state index contributed by atoms with van der Waals surface area (Å²) in [6.45, 7) is 1.16. The number of hydrogen-bond donors (Lipinski definition) is 4. The average Bonchev–Trinajstić information content (AvgIpc) is 2.50. The molecule has 6 N–H and O–H groups in total. The number of nitrogens with two attached hydrogens (primary N) is 2. The quantitative estimate of drug-likeness (QED) is 0.481. The van der Waals surface area contributed by atoms with E-state index in [9.17, 15) is 5.11 Å². The first-order chi connectivity index (χ1) is 10.5. The van der Waals surface area contributed by atoms with Gasteiger partial charge < -0.3 is 21.9 Å². The molecule has 0 saturated heterocycles. The predicted octanol–water partition coefficient (Wildman–Crippen LogP) is 3.02. The van der Waals surface area contributed by atoms with Crippen molar-refractivity contribution in [1.29, 1.82) is 0 Å². The Kier molecular flexibility index (Phi) is 5.91. The van der Waals surface area contributed by atoms with Crippen LogP contribution in [-0.2, 0) is 6.42 Å². The number of aliphatic hydroxyl groups excluding tert-OH is 1. The molecule has 1 atom stereocenters. The molecule has 0 aromatic heterocycles. The fourth-order valence-corrected chi connectivity index (χ4v) is 2.57. The summed E-state index contributed by atoms with van der Waals surface area (Å²) in [6.07, 6.45) is 0.165. The van der Waals surface area contributed by atoms with E-state index in [1.165, 1.54) is 5.56 Å². The summed E-state index contributed by atoms with van der Waals surface area (Å²) in [7, 11) is 0. The molecule has 0 bridgehead atoms. The third-order valence-corrected chi connectivity index (χ3v) is 4.02. The number of hydrogen-bond acceptors (Lipinski definition) is 4. The highest BCUT2D eigenvalue weighted by atomic mass is 35.5. The molecule has 0 spiro atoms. The highest BCUT2D eigenvalue weighted by Crippen LogP contribution is 2.31. The minimum Gasteiger partial charge on any atom is -0.399 e. The van der Waals surface area contributed by atoms with Gasteiger partial charge >= 0.3 is 0 Å². The van der Waals surface area contributed by atoms with Crippen molar-refractivity contribution in [3.63, 3.8) is 0 Å². The average molecular weight is 340 g/mol. The summed E-state index contributed by atoms with van der Waals surface area (Å²) in [5.41, 5.74) is 14.2. The lowest BCUT2D eigenvalue weighted by molar-refractivity contribution is 0.175. The summed E-state index contributed by atoms with van der Waals surface area (Å²) in [5.74, 6) is 0. The van der Waals surface area contributed by atoms with Crippen molar-refractivity contribution in [2.45, 2.75) is 12.5 Å². The fourth-order valence-electron chi connectivity index (χ4n) is 2.07. The van der Waals surface area contributed by atoms with Crippen LogP contribution < -0.4 is 16.8 Å². The molecule has 2 rings (SSSR count). The minimum atomic E-state index is -0.693. The van der Waals surface area contributed by atoms with Crippen LogP contribution in [0.2, 0.25) is 10.0 Å². The summed E-state index contributed by atoms with van der Waals surface area (Å²) in [5, 5.41) is 14.1. The number of halogens is 2. The van der Waals surface area contributed by atoms with Crippen molar-refractivity contribution in [3.05, 3.63) is 57.6 Å². The molecule has 0 unspecified atom stereocenters. The normalized spacial score (nSPS) is 12.3. The zero-order valence-corrected chi connectivity index (χ0v) is 13.5. The molecular weight excluding hydrogens is 321 g/mol. The van der Waals surface area contributed by atoms with E-state index < -0.39 is 6.10 Å². The smallest absolute Gasteiger partial charge is 0.0915 e. The van der Waals surface area contributed by atoms with E-state index in [0.717, 1.165) is 18.7 Å². The molecule has 118 valence electrons. The molecule has 4 nitrogen and oxygen atoms in total. The molecule has 0 aliphatic rings. The van der Waals surface area contributed by atoms with Crippen molar-refractivity contribution < 1.29 is 5.11 Å². The molecule has 0 aliphatic heterocycles. The lowest BCUT2D eigenvalue weighted by atomic mass is 10.1. The number of nitrogen functional groups attached to an aromatic ring is 2. The maximum atomic E-state index is 10.2. The second-order valence-electron chi connectivity index (χ2n) is 5.11. The molecule has 2 aromatic rings. The van der Waals surface area contributed by atoms with E-state index in [0.29, 0.717) is 27.8 Å².